The van der Waals surface area contributed by atoms with Crippen LogP contribution in [0.2, 0.25) is 0 Å². The molecule has 0 spiro atoms. The molecule has 4 heteroatoms. The van der Waals surface area contributed by atoms with Crippen LogP contribution < -0.4 is 0 Å². The van der Waals surface area contributed by atoms with Gasteiger partial charge in [-0.05, 0) is 12.7 Å². The van der Waals surface area contributed by atoms with Gasteiger partial charge in [0, 0.05) is 24.1 Å². The highest BCUT2D eigenvalue weighted by molar-refractivity contribution is 7.98. The van der Waals surface area contributed by atoms with Gasteiger partial charge in [-0.3, -0.25) is 4.68 Å². The van der Waals surface area contributed by atoms with Crippen molar-refractivity contribution in [3.8, 4) is 0 Å². The lowest BCUT2D eigenvalue weighted by atomic mass is 10.2. The van der Waals surface area contributed by atoms with Gasteiger partial charge in [0.2, 0.25) is 0 Å². The van der Waals surface area contributed by atoms with Crippen LogP contribution in [0, 0.1) is 0 Å². The molecular weight excluding hydrogens is 184 g/mol. The minimum atomic E-state index is -0.358. The van der Waals surface area contributed by atoms with E-state index < -0.39 is 0 Å². The smallest absolute Gasteiger partial charge is 0.0817 e. The van der Waals surface area contributed by atoms with Gasteiger partial charge in [0.05, 0.1) is 12.3 Å². The van der Waals surface area contributed by atoms with Crippen LogP contribution in [-0.2, 0) is 6.54 Å². The Kier molecular flexibility index (Phi) is 4.32. The third-order valence-corrected chi connectivity index (χ3v) is 2.54. The summed E-state index contributed by atoms with van der Waals surface area (Å²) in [6.45, 7) is 2.88. The number of aromatic nitrogens is 2. The minimum absolute atomic E-state index is 0.358. The minimum Gasteiger partial charge on any atom is -0.388 e. The largest absolute Gasteiger partial charge is 0.388 e. The maximum absolute atomic E-state index is 9.51. The Labute approximate surface area is 83.1 Å². The SMILES string of the molecule is CCC(O)c1cnn(CCSC)c1. The predicted molar refractivity (Wildman–Crippen MR) is 55.9 cm³/mol. The molecule has 3 nitrogen and oxygen atoms in total. The molecule has 74 valence electrons. The van der Waals surface area contributed by atoms with E-state index in [4.69, 9.17) is 0 Å². The number of nitrogens with zero attached hydrogens (tertiary/aromatic N) is 2. The van der Waals surface area contributed by atoms with E-state index in [1.807, 2.05) is 17.8 Å². The Morgan fingerprint density at radius 3 is 3.08 bits per heavy atom. The summed E-state index contributed by atoms with van der Waals surface area (Å²) < 4.78 is 1.88. The van der Waals surface area contributed by atoms with Crippen LogP contribution in [0.4, 0.5) is 0 Å². The molecule has 0 saturated carbocycles. The molecular formula is C9H16N2OS. The monoisotopic (exact) mass is 200 g/mol. The van der Waals surface area contributed by atoms with Crippen LogP contribution in [0.25, 0.3) is 0 Å². The molecule has 1 aromatic rings. The van der Waals surface area contributed by atoms with E-state index >= 15 is 0 Å². The number of thioether (sulfide) groups is 1. The lowest BCUT2D eigenvalue weighted by Gasteiger charge is -2.02. The zero-order valence-corrected chi connectivity index (χ0v) is 8.92. The van der Waals surface area contributed by atoms with E-state index in [1.165, 1.54) is 0 Å². The van der Waals surface area contributed by atoms with Gasteiger partial charge < -0.3 is 5.11 Å². The summed E-state index contributed by atoms with van der Waals surface area (Å²) >= 11 is 1.80. The Balaban J connectivity index is 2.53. The van der Waals surface area contributed by atoms with Crippen molar-refractivity contribution in [3.05, 3.63) is 18.0 Å². The molecule has 13 heavy (non-hydrogen) atoms. The van der Waals surface area contributed by atoms with Crippen LogP contribution >= 0.6 is 11.8 Å². The third kappa shape index (κ3) is 3.04. The molecule has 1 unspecified atom stereocenters. The van der Waals surface area contributed by atoms with Crippen LogP contribution in [0.1, 0.15) is 25.0 Å². The normalized spacial score (nSPS) is 13.2. The quantitative estimate of drug-likeness (QED) is 0.786. The Morgan fingerprint density at radius 2 is 2.46 bits per heavy atom. The fraction of sp³-hybridized carbons (Fsp3) is 0.667. The molecule has 0 bridgehead atoms. The highest BCUT2D eigenvalue weighted by Crippen LogP contribution is 2.14. The third-order valence-electron chi connectivity index (χ3n) is 1.95. The second-order valence-electron chi connectivity index (χ2n) is 2.95. The highest BCUT2D eigenvalue weighted by Gasteiger charge is 2.06. The fourth-order valence-electron chi connectivity index (χ4n) is 1.09. The molecule has 0 amide bonds. The van der Waals surface area contributed by atoms with Gasteiger partial charge in [-0.1, -0.05) is 6.92 Å². The first kappa shape index (κ1) is 10.6. The van der Waals surface area contributed by atoms with Crippen molar-refractivity contribution in [2.45, 2.75) is 26.0 Å². The van der Waals surface area contributed by atoms with E-state index in [0.29, 0.717) is 0 Å². The molecule has 0 aliphatic heterocycles. The van der Waals surface area contributed by atoms with Gasteiger partial charge in [-0.25, -0.2) is 0 Å². The van der Waals surface area contributed by atoms with Gasteiger partial charge in [-0.2, -0.15) is 16.9 Å². The highest BCUT2D eigenvalue weighted by atomic mass is 32.2. The zero-order valence-electron chi connectivity index (χ0n) is 8.10. The molecule has 0 saturated heterocycles. The summed E-state index contributed by atoms with van der Waals surface area (Å²) in [6.07, 6.45) is 6.13. The molecule has 0 fully saturated rings. The lowest BCUT2D eigenvalue weighted by Crippen LogP contribution is -2.00. The number of aliphatic hydroxyl groups excluding tert-OH is 1. The second-order valence-corrected chi connectivity index (χ2v) is 3.94. The summed E-state index contributed by atoms with van der Waals surface area (Å²) in [5, 5.41) is 13.7. The van der Waals surface area contributed by atoms with E-state index in [9.17, 15) is 5.11 Å². The van der Waals surface area contributed by atoms with Crippen molar-refractivity contribution >= 4 is 11.8 Å². The van der Waals surface area contributed by atoms with Gasteiger partial charge in [0.25, 0.3) is 0 Å². The summed E-state index contributed by atoms with van der Waals surface area (Å²) in [7, 11) is 0. The van der Waals surface area contributed by atoms with Crippen LogP contribution in [0.15, 0.2) is 12.4 Å². The maximum atomic E-state index is 9.51. The number of aryl methyl sites for hydroxylation is 1. The number of hydrogen-bond acceptors (Lipinski definition) is 3. The number of rotatable bonds is 5. The van der Waals surface area contributed by atoms with Gasteiger partial charge in [0.1, 0.15) is 0 Å². The van der Waals surface area contributed by atoms with E-state index in [1.54, 1.807) is 18.0 Å². The maximum Gasteiger partial charge on any atom is 0.0817 e. The summed E-state index contributed by atoms with van der Waals surface area (Å²) in [5.74, 6) is 1.06. The second kappa shape index (κ2) is 5.29. The van der Waals surface area contributed by atoms with Crippen molar-refractivity contribution in [2.24, 2.45) is 0 Å². The fourth-order valence-corrected chi connectivity index (χ4v) is 1.46. The van der Waals surface area contributed by atoms with Crippen LogP contribution in [0.5, 0.6) is 0 Å². The van der Waals surface area contributed by atoms with Crippen molar-refractivity contribution in [1.82, 2.24) is 9.78 Å². The Bertz CT molecular complexity index is 250. The molecule has 0 aromatic carbocycles. The average molecular weight is 200 g/mol. The first-order chi connectivity index (χ1) is 6.27. The van der Waals surface area contributed by atoms with Gasteiger partial charge in [0.15, 0.2) is 0 Å². The molecule has 1 N–H and O–H groups in total. The van der Waals surface area contributed by atoms with Crippen molar-refractivity contribution < 1.29 is 5.11 Å². The zero-order chi connectivity index (χ0) is 9.68. The molecule has 0 aliphatic rings. The predicted octanol–water partition coefficient (Wildman–Crippen LogP) is 1.69. The van der Waals surface area contributed by atoms with Crippen LogP contribution in [-0.4, -0.2) is 26.9 Å². The molecule has 0 aliphatic carbocycles. The Morgan fingerprint density at radius 1 is 1.69 bits per heavy atom. The lowest BCUT2D eigenvalue weighted by molar-refractivity contribution is 0.173. The van der Waals surface area contributed by atoms with E-state index in [2.05, 4.69) is 11.4 Å². The molecule has 1 rings (SSSR count). The topological polar surface area (TPSA) is 38.1 Å². The molecule has 1 aromatic heterocycles. The van der Waals surface area contributed by atoms with Crippen molar-refractivity contribution in [2.75, 3.05) is 12.0 Å². The standard InChI is InChI=1S/C9H16N2OS/c1-3-9(12)8-6-10-11(7-8)4-5-13-2/h6-7,9,12H,3-5H2,1-2H3. The van der Waals surface area contributed by atoms with Crippen LogP contribution in [0.3, 0.4) is 0 Å². The molecule has 0 radical (unpaired) electrons. The summed E-state index contributed by atoms with van der Waals surface area (Å²) in [6, 6.07) is 0. The first-order valence-corrected chi connectivity index (χ1v) is 5.86. The van der Waals surface area contributed by atoms with Crippen molar-refractivity contribution in [3.63, 3.8) is 0 Å². The average Bonchev–Trinajstić information content (AvgIpc) is 2.62. The number of aliphatic hydroxyl groups is 1. The Hall–Kier alpha value is -0.480. The number of hydrogen-bond donors (Lipinski definition) is 1. The van der Waals surface area contributed by atoms with Gasteiger partial charge in [-0.15, -0.1) is 0 Å². The summed E-state index contributed by atoms with van der Waals surface area (Å²) in [5.41, 5.74) is 0.920. The van der Waals surface area contributed by atoms with E-state index in [0.717, 1.165) is 24.3 Å². The van der Waals surface area contributed by atoms with E-state index in [-0.39, 0.29) is 6.10 Å². The molecule has 1 atom stereocenters. The molecule has 1 heterocycles. The van der Waals surface area contributed by atoms with Crippen molar-refractivity contribution in [1.29, 1.82) is 0 Å². The first-order valence-electron chi connectivity index (χ1n) is 4.47. The summed E-state index contributed by atoms with van der Waals surface area (Å²) in [4.78, 5) is 0. The van der Waals surface area contributed by atoms with Gasteiger partial charge >= 0.3 is 0 Å².